The van der Waals surface area contributed by atoms with E-state index >= 15 is 0 Å². The molecule has 0 bridgehead atoms. The van der Waals surface area contributed by atoms with E-state index < -0.39 is 12.0 Å². The van der Waals surface area contributed by atoms with Gasteiger partial charge < -0.3 is 15.3 Å². The molecular weight excluding hydrogens is 252 g/mol. The number of hydrogen-bond acceptors (Lipinski definition) is 3. The van der Waals surface area contributed by atoms with E-state index in [4.69, 9.17) is 0 Å². The van der Waals surface area contributed by atoms with Crippen molar-refractivity contribution in [1.29, 1.82) is 0 Å². The van der Waals surface area contributed by atoms with E-state index in [1.54, 1.807) is 0 Å². The molecular formula is C16H24N2O2. The topological polar surface area (TPSA) is 52.6 Å². The molecule has 1 atom stereocenters. The smallest absolute Gasteiger partial charge is 0.320 e. The van der Waals surface area contributed by atoms with Gasteiger partial charge in [0.05, 0.1) is 0 Å². The maximum Gasteiger partial charge on any atom is 0.320 e. The second-order valence-corrected chi connectivity index (χ2v) is 5.49. The summed E-state index contributed by atoms with van der Waals surface area (Å²) in [6, 6.07) is 8.24. The Morgan fingerprint density at radius 2 is 2.15 bits per heavy atom. The minimum atomic E-state index is -0.738. The minimum absolute atomic E-state index is 0.421. The van der Waals surface area contributed by atoms with Crippen LogP contribution in [0.25, 0.3) is 0 Å². The molecule has 4 heteroatoms. The van der Waals surface area contributed by atoms with Gasteiger partial charge in [0.2, 0.25) is 0 Å². The van der Waals surface area contributed by atoms with E-state index in [1.165, 1.54) is 11.3 Å². The molecule has 0 heterocycles. The van der Waals surface area contributed by atoms with Gasteiger partial charge in [-0.2, -0.15) is 0 Å². The predicted octanol–water partition coefficient (Wildman–Crippen LogP) is 2.42. The predicted molar refractivity (Wildman–Crippen MR) is 81.3 cm³/mol. The maximum absolute atomic E-state index is 11.3. The zero-order chi connectivity index (χ0) is 14.5. The summed E-state index contributed by atoms with van der Waals surface area (Å²) >= 11 is 0. The van der Waals surface area contributed by atoms with Crippen molar-refractivity contribution in [3.05, 3.63) is 29.8 Å². The van der Waals surface area contributed by atoms with Crippen molar-refractivity contribution in [2.45, 2.75) is 45.2 Å². The van der Waals surface area contributed by atoms with Crippen molar-refractivity contribution in [2.75, 3.05) is 18.0 Å². The van der Waals surface area contributed by atoms with Gasteiger partial charge in [-0.05, 0) is 44.7 Å². The second-order valence-electron chi connectivity index (χ2n) is 5.49. The molecule has 110 valence electrons. The van der Waals surface area contributed by atoms with Crippen LogP contribution in [-0.4, -0.2) is 36.2 Å². The molecule has 1 aliphatic carbocycles. The number of carbonyl (C=O) groups is 1. The summed E-state index contributed by atoms with van der Waals surface area (Å²) in [5.41, 5.74) is 2.43. The van der Waals surface area contributed by atoms with Gasteiger partial charge in [-0.25, -0.2) is 0 Å². The number of nitrogens with zero attached hydrogens (tertiary/aromatic N) is 1. The summed E-state index contributed by atoms with van der Waals surface area (Å²) in [5, 5.41) is 12.5. The van der Waals surface area contributed by atoms with Gasteiger partial charge in [0.25, 0.3) is 0 Å². The fourth-order valence-corrected chi connectivity index (χ4v) is 2.46. The Hall–Kier alpha value is -1.55. The molecule has 20 heavy (non-hydrogen) atoms. The number of aliphatic carboxylic acids is 1. The quantitative estimate of drug-likeness (QED) is 0.765. The fraction of sp³-hybridized carbons (Fsp3) is 0.562. The lowest BCUT2D eigenvalue weighted by atomic mass is 10.1. The van der Waals surface area contributed by atoms with Crippen molar-refractivity contribution >= 4 is 11.7 Å². The molecule has 0 aromatic heterocycles. The number of para-hydroxylation sites is 1. The summed E-state index contributed by atoms with van der Waals surface area (Å²) in [6.45, 7) is 5.85. The van der Waals surface area contributed by atoms with E-state index in [0.29, 0.717) is 12.5 Å². The molecule has 1 fully saturated rings. The van der Waals surface area contributed by atoms with Crippen LogP contribution in [0.5, 0.6) is 0 Å². The Morgan fingerprint density at radius 3 is 2.70 bits per heavy atom. The number of anilines is 1. The molecule has 2 rings (SSSR count). The summed E-state index contributed by atoms with van der Waals surface area (Å²) in [4.78, 5) is 13.5. The molecule has 0 saturated heterocycles. The molecule has 0 aliphatic heterocycles. The van der Waals surface area contributed by atoms with Gasteiger partial charge in [-0.1, -0.05) is 18.2 Å². The number of hydrogen-bond donors (Lipinski definition) is 2. The second kappa shape index (κ2) is 6.75. The fourth-order valence-electron chi connectivity index (χ4n) is 2.46. The highest BCUT2D eigenvalue weighted by molar-refractivity contribution is 5.73. The summed E-state index contributed by atoms with van der Waals surface area (Å²) in [7, 11) is 0. The van der Waals surface area contributed by atoms with Gasteiger partial charge in [-0.15, -0.1) is 0 Å². The normalized spacial score (nSPS) is 15.9. The molecule has 1 aromatic rings. The van der Waals surface area contributed by atoms with Crippen LogP contribution in [0.1, 0.15) is 31.7 Å². The zero-order valence-electron chi connectivity index (χ0n) is 12.3. The van der Waals surface area contributed by atoms with Gasteiger partial charge >= 0.3 is 5.97 Å². The van der Waals surface area contributed by atoms with Crippen LogP contribution >= 0.6 is 0 Å². The van der Waals surface area contributed by atoms with Gasteiger partial charge in [0, 0.05) is 24.8 Å². The molecule has 0 radical (unpaired) electrons. The highest BCUT2D eigenvalue weighted by atomic mass is 16.4. The number of rotatable bonds is 8. The van der Waals surface area contributed by atoms with E-state index in [9.17, 15) is 9.90 Å². The third kappa shape index (κ3) is 3.97. The van der Waals surface area contributed by atoms with E-state index in [1.807, 2.05) is 12.1 Å². The molecule has 1 unspecified atom stereocenters. The lowest BCUT2D eigenvalue weighted by Crippen LogP contribution is -2.41. The van der Waals surface area contributed by atoms with Crippen molar-refractivity contribution in [1.82, 2.24) is 5.32 Å². The van der Waals surface area contributed by atoms with Gasteiger partial charge in [0.15, 0.2) is 0 Å². The highest BCUT2D eigenvalue weighted by Crippen LogP contribution is 2.22. The lowest BCUT2D eigenvalue weighted by Gasteiger charge is -2.26. The Morgan fingerprint density at radius 1 is 1.45 bits per heavy atom. The minimum Gasteiger partial charge on any atom is -0.480 e. The van der Waals surface area contributed by atoms with Crippen LogP contribution in [0.15, 0.2) is 24.3 Å². The van der Waals surface area contributed by atoms with Gasteiger partial charge in [0.1, 0.15) is 6.04 Å². The standard InChI is InChI=1S/C16H24N2O2/c1-3-18(15-7-5-4-6-12(15)2)11-10-14(16(19)20)17-13-8-9-13/h4-7,13-14,17H,3,8-11H2,1-2H3,(H,19,20). The highest BCUT2D eigenvalue weighted by Gasteiger charge is 2.28. The molecule has 1 aliphatic rings. The zero-order valence-corrected chi connectivity index (χ0v) is 12.3. The molecule has 2 N–H and O–H groups in total. The molecule has 1 saturated carbocycles. The first-order valence-corrected chi connectivity index (χ1v) is 7.41. The van der Waals surface area contributed by atoms with Crippen LogP contribution in [0, 0.1) is 6.92 Å². The number of benzene rings is 1. The third-order valence-corrected chi connectivity index (χ3v) is 3.84. The Kier molecular flexibility index (Phi) is 5.01. The average molecular weight is 276 g/mol. The van der Waals surface area contributed by atoms with Crippen LogP contribution in [-0.2, 0) is 4.79 Å². The first-order valence-electron chi connectivity index (χ1n) is 7.41. The first-order chi connectivity index (χ1) is 9.61. The molecule has 4 nitrogen and oxygen atoms in total. The Balaban J connectivity index is 1.95. The van der Waals surface area contributed by atoms with E-state index in [2.05, 4.69) is 36.2 Å². The monoisotopic (exact) mass is 276 g/mol. The number of carboxylic acid groups (broad SMARTS) is 1. The van der Waals surface area contributed by atoms with Gasteiger partial charge in [-0.3, -0.25) is 4.79 Å². The molecule has 1 aromatic carbocycles. The lowest BCUT2D eigenvalue weighted by molar-refractivity contribution is -0.139. The van der Waals surface area contributed by atoms with E-state index in [-0.39, 0.29) is 0 Å². The first kappa shape index (κ1) is 14.9. The summed E-state index contributed by atoms with van der Waals surface area (Å²) < 4.78 is 0. The molecule has 0 amide bonds. The van der Waals surface area contributed by atoms with Crippen molar-refractivity contribution in [3.63, 3.8) is 0 Å². The van der Waals surface area contributed by atoms with Crippen LogP contribution in [0.4, 0.5) is 5.69 Å². The number of aryl methyl sites for hydroxylation is 1. The third-order valence-electron chi connectivity index (χ3n) is 3.84. The van der Waals surface area contributed by atoms with Crippen LogP contribution in [0.2, 0.25) is 0 Å². The van der Waals surface area contributed by atoms with Crippen molar-refractivity contribution in [3.8, 4) is 0 Å². The largest absolute Gasteiger partial charge is 0.480 e. The summed E-state index contributed by atoms with van der Waals surface area (Å²) in [6.07, 6.45) is 2.85. The Bertz CT molecular complexity index is 458. The van der Waals surface area contributed by atoms with Crippen LogP contribution in [0.3, 0.4) is 0 Å². The van der Waals surface area contributed by atoms with Crippen molar-refractivity contribution < 1.29 is 9.90 Å². The van der Waals surface area contributed by atoms with Crippen LogP contribution < -0.4 is 10.2 Å². The molecule has 0 spiro atoms. The number of carboxylic acids is 1. The number of nitrogens with one attached hydrogen (secondary N) is 1. The van der Waals surface area contributed by atoms with Crippen molar-refractivity contribution in [2.24, 2.45) is 0 Å². The SMILES string of the molecule is CCN(CCC(NC1CC1)C(=O)O)c1ccccc1C. The average Bonchev–Trinajstić information content (AvgIpc) is 3.23. The Labute approximate surface area is 120 Å². The maximum atomic E-state index is 11.3. The van der Waals surface area contributed by atoms with E-state index in [0.717, 1.165) is 25.9 Å². The summed E-state index contributed by atoms with van der Waals surface area (Å²) in [5.74, 6) is -0.738.